The van der Waals surface area contributed by atoms with Gasteiger partial charge in [0.25, 0.3) is 0 Å². The van der Waals surface area contributed by atoms with Crippen LogP contribution in [0.4, 0.5) is 48.0 Å². The molecule has 4 aromatic carbocycles. The molecule has 50 heavy (non-hydrogen) atoms. The number of anilines is 4. The smallest absolute Gasteiger partial charge is 0.332 e. The average Bonchev–Trinajstić information content (AvgIpc) is 3.76. The molecule has 256 valence electrons. The Hall–Kier alpha value is -4.94. The summed E-state index contributed by atoms with van der Waals surface area (Å²) < 4.78 is 78.5. The lowest BCUT2D eigenvalue weighted by Crippen LogP contribution is -2.05. The Morgan fingerprint density at radius 2 is 1.16 bits per heavy atom. The molecule has 0 aliphatic rings. The Bertz CT molecular complexity index is 2100. The number of benzene rings is 4. The molecular weight excluding hydrogens is 691 g/mol. The van der Waals surface area contributed by atoms with Crippen molar-refractivity contribution in [2.45, 2.75) is 38.0 Å². The van der Waals surface area contributed by atoms with Crippen molar-refractivity contribution in [3.05, 3.63) is 142 Å². The summed E-state index contributed by atoms with van der Waals surface area (Å²) in [7, 11) is 0. The lowest BCUT2D eigenvalue weighted by atomic mass is 9.95. The zero-order chi connectivity index (χ0) is 35.3. The molecule has 1 unspecified atom stereocenters. The molecule has 0 radical (unpaired) electrons. The lowest BCUT2D eigenvalue weighted by Gasteiger charge is -2.11. The Morgan fingerprint density at radius 1 is 0.640 bits per heavy atom. The van der Waals surface area contributed by atoms with Crippen LogP contribution in [0.1, 0.15) is 41.5 Å². The Balaban J connectivity index is 1.04. The number of thiazole rings is 2. The zero-order valence-corrected chi connectivity index (χ0v) is 28.2. The number of nitrogens with one attached hydrogen (secondary N) is 2. The predicted molar refractivity (Wildman–Crippen MR) is 190 cm³/mol. The van der Waals surface area contributed by atoms with E-state index < -0.39 is 23.5 Å². The van der Waals surface area contributed by atoms with Crippen molar-refractivity contribution in [3.8, 4) is 22.5 Å². The fourth-order valence-electron chi connectivity index (χ4n) is 5.24. The monoisotopic (exact) mass is 720 g/mol. The van der Waals surface area contributed by atoms with E-state index >= 15 is 0 Å². The third kappa shape index (κ3) is 8.99. The van der Waals surface area contributed by atoms with Crippen LogP contribution in [-0.2, 0) is 18.8 Å². The van der Waals surface area contributed by atoms with Gasteiger partial charge in [0.05, 0.1) is 22.5 Å². The molecule has 1 atom stereocenters. The van der Waals surface area contributed by atoms with Crippen LogP contribution >= 0.6 is 22.7 Å². The molecule has 0 bridgehead atoms. The average molecular weight is 721 g/mol. The molecular formula is C38H30F6N4S2. The van der Waals surface area contributed by atoms with Crippen LogP contribution < -0.4 is 10.6 Å². The minimum Gasteiger partial charge on any atom is -0.332 e. The van der Waals surface area contributed by atoms with Gasteiger partial charge in [-0.2, -0.15) is 26.3 Å². The molecule has 0 saturated heterocycles. The molecule has 4 nitrogen and oxygen atoms in total. The van der Waals surface area contributed by atoms with E-state index in [1.54, 1.807) is 12.1 Å². The quantitative estimate of drug-likeness (QED) is 0.103. The fourth-order valence-corrected chi connectivity index (χ4v) is 6.72. The molecule has 6 rings (SSSR count). The number of nitrogens with zero attached hydrogens (tertiary/aromatic N) is 2. The second-order valence-electron chi connectivity index (χ2n) is 11.6. The molecule has 0 fully saturated rings. The first-order chi connectivity index (χ1) is 23.9. The van der Waals surface area contributed by atoms with Gasteiger partial charge in [-0.05, 0) is 78.4 Å². The van der Waals surface area contributed by atoms with E-state index in [-0.39, 0.29) is 5.92 Å². The summed E-state index contributed by atoms with van der Waals surface area (Å²) in [5.41, 5.74) is 4.79. The van der Waals surface area contributed by atoms with E-state index in [1.807, 2.05) is 41.1 Å². The van der Waals surface area contributed by atoms with Crippen LogP contribution in [0.3, 0.4) is 0 Å². The predicted octanol–water partition coefficient (Wildman–Crippen LogP) is 12.8. The van der Waals surface area contributed by atoms with E-state index in [2.05, 4.69) is 57.9 Å². The maximum absolute atomic E-state index is 13.1. The van der Waals surface area contributed by atoms with Gasteiger partial charge in [-0.15, -0.1) is 22.7 Å². The first-order valence-corrected chi connectivity index (χ1v) is 17.3. The summed E-state index contributed by atoms with van der Waals surface area (Å²) in [6.45, 7) is 2.15. The van der Waals surface area contributed by atoms with Crippen LogP contribution in [0.5, 0.6) is 0 Å². The number of aromatic nitrogens is 2. The highest BCUT2D eigenvalue weighted by Crippen LogP contribution is 2.35. The maximum atomic E-state index is 13.1. The standard InChI is InChI=1S/C38H30F6N4S2/c1-24(26-11-5-13-28(19-26)34-23-50-36(48-34)46-32-17-7-15-30(21-32)38(42,43)44)8-2-3-9-25-10-4-12-27(18-25)33-22-49-35(47-33)45-31-16-6-14-29(20-31)37(39,40)41/h2-7,10-24H,8-9H2,1H3,(H,45,47)(H,46,48)/b3-2-. The molecule has 0 saturated carbocycles. The van der Waals surface area contributed by atoms with Crippen molar-refractivity contribution in [1.82, 2.24) is 9.97 Å². The van der Waals surface area contributed by atoms with Crippen LogP contribution in [0.2, 0.25) is 0 Å². The summed E-state index contributed by atoms with van der Waals surface area (Å²) >= 11 is 2.65. The topological polar surface area (TPSA) is 49.8 Å². The summed E-state index contributed by atoms with van der Waals surface area (Å²) in [5.74, 6) is 0.233. The molecule has 0 aliphatic heterocycles. The molecule has 0 spiro atoms. The van der Waals surface area contributed by atoms with Crippen molar-refractivity contribution < 1.29 is 26.3 Å². The Labute approximate surface area is 293 Å². The number of halogens is 6. The third-order valence-corrected chi connectivity index (χ3v) is 9.39. The van der Waals surface area contributed by atoms with Gasteiger partial charge in [-0.1, -0.05) is 67.6 Å². The normalized spacial score (nSPS) is 12.7. The van der Waals surface area contributed by atoms with Crippen molar-refractivity contribution >= 4 is 44.3 Å². The molecule has 2 N–H and O–H groups in total. The molecule has 0 amide bonds. The molecule has 6 aromatic rings. The van der Waals surface area contributed by atoms with Crippen LogP contribution in [0.15, 0.2) is 120 Å². The van der Waals surface area contributed by atoms with Gasteiger partial charge in [0.15, 0.2) is 10.3 Å². The highest BCUT2D eigenvalue weighted by Gasteiger charge is 2.31. The van der Waals surface area contributed by atoms with Crippen LogP contribution in [0, 0.1) is 0 Å². The number of hydrogen-bond donors (Lipinski definition) is 2. The fraction of sp³-hybridized carbons (Fsp3) is 0.158. The maximum Gasteiger partial charge on any atom is 0.416 e. The second kappa shape index (κ2) is 14.9. The van der Waals surface area contributed by atoms with E-state index in [0.29, 0.717) is 21.6 Å². The largest absolute Gasteiger partial charge is 0.416 e. The van der Waals surface area contributed by atoms with E-state index in [1.165, 1.54) is 34.8 Å². The summed E-state index contributed by atoms with van der Waals surface area (Å²) in [4.78, 5) is 9.19. The van der Waals surface area contributed by atoms with Gasteiger partial charge in [0, 0.05) is 33.3 Å². The summed E-state index contributed by atoms with van der Waals surface area (Å²) in [5, 5.41) is 10.7. The van der Waals surface area contributed by atoms with Crippen molar-refractivity contribution in [2.24, 2.45) is 0 Å². The summed E-state index contributed by atoms with van der Waals surface area (Å²) in [6.07, 6.45) is -3.00. The van der Waals surface area contributed by atoms with Crippen molar-refractivity contribution in [3.63, 3.8) is 0 Å². The van der Waals surface area contributed by atoms with Gasteiger partial charge < -0.3 is 10.6 Å². The first kappa shape index (κ1) is 34.9. The summed E-state index contributed by atoms with van der Waals surface area (Å²) in [6, 6.07) is 26.2. The second-order valence-corrected chi connectivity index (χ2v) is 13.3. The molecule has 2 aromatic heterocycles. The van der Waals surface area contributed by atoms with Gasteiger partial charge >= 0.3 is 12.4 Å². The highest BCUT2D eigenvalue weighted by atomic mass is 32.1. The van der Waals surface area contributed by atoms with Crippen LogP contribution in [-0.4, -0.2) is 9.97 Å². The Kier molecular flexibility index (Phi) is 10.4. The molecule has 12 heteroatoms. The minimum absolute atomic E-state index is 0.233. The van der Waals surface area contributed by atoms with E-state index in [4.69, 9.17) is 0 Å². The van der Waals surface area contributed by atoms with Crippen LogP contribution in [0.25, 0.3) is 22.5 Å². The molecule has 0 aliphatic carbocycles. The third-order valence-electron chi connectivity index (χ3n) is 7.87. The minimum atomic E-state index is -4.42. The van der Waals surface area contributed by atoms with Gasteiger partial charge in [-0.3, -0.25) is 0 Å². The van der Waals surface area contributed by atoms with Crippen molar-refractivity contribution in [2.75, 3.05) is 10.6 Å². The van der Waals surface area contributed by atoms with Gasteiger partial charge in [0.1, 0.15) is 0 Å². The number of allylic oxidation sites excluding steroid dienone is 2. The van der Waals surface area contributed by atoms with E-state index in [9.17, 15) is 26.3 Å². The number of hydrogen-bond acceptors (Lipinski definition) is 6. The molecule has 2 heterocycles. The van der Waals surface area contributed by atoms with Gasteiger partial charge in [0.2, 0.25) is 0 Å². The first-order valence-electron chi connectivity index (χ1n) is 15.5. The zero-order valence-electron chi connectivity index (χ0n) is 26.5. The lowest BCUT2D eigenvalue weighted by molar-refractivity contribution is -0.138. The van der Waals surface area contributed by atoms with Crippen molar-refractivity contribution in [1.29, 1.82) is 0 Å². The van der Waals surface area contributed by atoms with E-state index in [0.717, 1.165) is 70.7 Å². The van der Waals surface area contributed by atoms with Gasteiger partial charge in [-0.25, -0.2) is 9.97 Å². The number of alkyl halides is 6. The Morgan fingerprint density at radius 3 is 1.72 bits per heavy atom. The highest BCUT2D eigenvalue weighted by molar-refractivity contribution is 7.14. The SMILES string of the molecule is CC(C/C=C\Cc1cccc(-c2csc(Nc3cccc(C(F)(F)F)c3)n2)c1)c1cccc(-c2csc(Nc3cccc(C(F)(F)F)c3)n2)c1. The number of rotatable bonds is 11.